The van der Waals surface area contributed by atoms with Crippen molar-refractivity contribution in [1.82, 2.24) is 15.0 Å². The number of fused-ring (bicyclic) bond motifs is 2. The van der Waals surface area contributed by atoms with Crippen LogP contribution in [0.25, 0.3) is 21.9 Å². The molecule has 0 aliphatic rings. The molecule has 0 aliphatic heterocycles. The lowest BCUT2D eigenvalue weighted by molar-refractivity contribution is 0.210. The summed E-state index contributed by atoms with van der Waals surface area (Å²) in [7, 11) is 0. The molecule has 0 N–H and O–H groups in total. The normalized spacial score (nSPS) is 11.4. The number of hydrogen-bond donors (Lipinski definition) is 0. The Hall–Kier alpha value is -3.48. The molecule has 0 radical (unpaired) electrons. The lowest BCUT2D eigenvalue weighted by Gasteiger charge is -2.11. The van der Waals surface area contributed by atoms with Gasteiger partial charge in [0.2, 0.25) is 0 Å². The number of benzene rings is 2. The van der Waals surface area contributed by atoms with Crippen LogP contribution in [0.2, 0.25) is 0 Å². The maximum absolute atomic E-state index is 12.4. The van der Waals surface area contributed by atoms with Crippen molar-refractivity contribution in [2.24, 2.45) is 0 Å². The van der Waals surface area contributed by atoms with E-state index < -0.39 is 5.63 Å². The van der Waals surface area contributed by atoms with Crippen LogP contribution in [0.1, 0.15) is 25.3 Å². The molecular weight excluding hydrogens is 346 g/mol. The van der Waals surface area contributed by atoms with Crippen LogP contribution in [0.4, 0.5) is 0 Å². The second-order valence-electron chi connectivity index (χ2n) is 6.52. The largest absolute Gasteiger partial charge is 0.471 e. The molecule has 0 bridgehead atoms. The molecule has 0 unspecified atom stereocenters. The Labute approximate surface area is 153 Å². The zero-order valence-corrected chi connectivity index (χ0v) is 14.9. The molecule has 2 aromatic carbocycles. The van der Waals surface area contributed by atoms with Crippen molar-refractivity contribution in [3.8, 4) is 5.75 Å². The summed E-state index contributed by atoms with van der Waals surface area (Å²) in [5.41, 5.74) is 1.22. The summed E-state index contributed by atoms with van der Waals surface area (Å²) in [6.07, 6.45) is 0. The number of hydrogen-bond acceptors (Lipinski definition) is 6. The van der Waals surface area contributed by atoms with Gasteiger partial charge in [-0.1, -0.05) is 31.2 Å². The van der Waals surface area contributed by atoms with E-state index in [0.717, 1.165) is 15.6 Å². The lowest BCUT2D eigenvalue weighted by Crippen LogP contribution is -2.26. The van der Waals surface area contributed by atoms with Crippen molar-refractivity contribution in [2.45, 2.75) is 26.5 Å². The first kappa shape index (κ1) is 17.0. The smallest absolute Gasteiger partial charge is 0.336 e. The van der Waals surface area contributed by atoms with Crippen molar-refractivity contribution in [3.05, 3.63) is 74.9 Å². The fraction of sp³-hybridized carbons (Fsp3) is 0.200. The zero-order chi connectivity index (χ0) is 19.0. The number of rotatable bonds is 4. The minimum absolute atomic E-state index is 0.101. The molecule has 2 heterocycles. The summed E-state index contributed by atoms with van der Waals surface area (Å²) < 4.78 is 12.1. The van der Waals surface area contributed by atoms with Crippen LogP contribution in [0.15, 0.2) is 62.5 Å². The number of ether oxygens (including phenoxy) is 1. The number of aromatic nitrogens is 3. The van der Waals surface area contributed by atoms with Crippen molar-refractivity contribution in [1.29, 1.82) is 0 Å². The van der Waals surface area contributed by atoms with Gasteiger partial charge in [-0.25, -0.2) is 4.79 Å². The average molecular weight is 363 g/mol. The fourth-order valence-electron chi connectivity index (χ4n) is 2.98. The molecule has 0 saturated carbocycles. The first-order valence-electron chi connectivity index (χ1n) is 8.56. The van der Waals surface area contributed by atoms with Gasteiger partial charge in [0.25, 0.3) is 5.56 Å². The Morgan fingerprint density at radius 3 is 2.70 bits per heavy atom. The van der Waals surface area contributed by atoms with Crippen LogP contribution in [0.3, 0.4) is 0 Å². The van der Waals surface area contributed by atoms with Crippen LogP contribution in [-0.4, -0.2) is 15.0 Å². The third-order valence-electron chi connectivity index (χ3n) is 4.35. The van der Waals surface area contributed by atoms with Gasteiger partial charge in [0.1, 0.15) is 16.8 Å². The van der Waals surface area contributed by atoms with E-state index in [1.807, 2.05) is 19.9 Å². The summed E-state index contributed by atoms with van der Waals surface area (Å²) in [5, 5.41) is 9.25. The Bertz CT molecular complexity index is 1260. The molecule has 4 rings (SSSR count). The molecule has 136 valence electrons. The Kier molecular flexibility index (Phi) is 4.19. The predicted molar refractivity (Wildman–Crippen MR) is 101 cm³/mol. The minimum atomic E-state index is -0.403. The lowest BCUT2D eigenvalue weighted by atomic mass is 10.00. The highest BCUT2D eigenvalue weighted by Gasteiger charge is 2.11. The predicted octanol–water partition coefficient (Wildman–Crippen LogP) is 3.06. The van der Waals surface area contributed by atoms with E-state index in [2.05, 4.69) is 10.3 Å². The van der Waals surface area contributed by atoms with Crippen molar-refractivity contribution in [3.63, 3.8) is 0 Å². The SMILES string of the molecule is CC(C)c1cc(=O)oc2cc(OCn3nnc4ccccc4c3=O)ccc12. The Morgan fingerprint density at radius 1 is 1.07 bits per heavy atom. The second-order valence-corrected chi connectivity index (χ2v) is 6.52. The zero-order valence-electron chi connectivity index (χ0n) is 14.9. The molecule has 7 nitrogen and oxygen atoms in total. The van der Waals surface area contributed by atoms with Crippen LogP contribution >= 0.6 is 0 Å². The third-order valence-corrected chi connectivity index (χ3v) is 4.35. The maximum atomic E-state index is 12.4. The maximum Gasteiger partial charge on any atom is 0.336 e. The van der Waals surface area contributed by atoms with Crippen molar-refractivity contribution in [2.75, 3.05) is 0 Å². The van der Waals surface area contributed by atoms with Gasteiger partial charge in [0, 0.05) is 17.5 Å². The third kappa shape index (κ3) is 3.19. The molecule has 0 saturated heterocycles. The topological polar surface area (TPSA) is 87.2 Å². The fourth-order valence-corrected chi connectivity index (χ4v) is 2.98. The van der Waals surface area contributed by atoms with E-state index in [0.29, 0.717) is 22.2 Å². The van der Waals surface area contributed by atoms with Gasteiger partial charge in [0.05, 0.1) is 5.39 Å². The van der Waals surface area contributed by atoms with Crippen LogP contribution in [0.5, 0.6) is 5.75 Å². The molecule has 2 aromatic heterocycles. The van der Waals surface area contributed by atoms with Gasteiger partial charge in [-0.3, -0.25) is 4.79 Å². The molecule has 0 spiro atoms. The van der Waals surface area contributed by atoms with E-state index in [-0.39, 0.29) is 18.2 Å². The minimum Gasteiger partial charge on any atom is -0.471 e. The summed E-state index contributed by atoms with van der Waals surface area (Å²) in [4.78, 5) is 24.2. The quantitative estimate of drug-likeness (QED) is 0.518. The van der Waals surface area contributed by atoms with Gasteiger partial charge in [-0.2, -0.15) is 4.68 Å². The highest BCUT2D eigenvalue weighted by Crippen LogP contribution is 2.27. The van der Waals surface area contributed by atoms with E-state index in [4.69, 9.17) is 9.15 Å². The van der Waals surface area contributed by atoms with Gasteiger partial charge < -0.3 is 9.15 Å². The second kappa shape index (κ2) is 6.68. The molecule has 4 aromatic rings. The van der Waals surface area contributed by atoms with Crippen LogP contribution in [-0.2, 0) is 6.73 Å². The molecule has 27 heavy (non-hydrogen) atoms. The Balaban J connectivity index is 1.66. The van der Waals surface area contributed by atoms with Gasteiger partial charge >= 0.3 is 5.63 Å². The van der Waals surface area contributed by atoms with Crippen LogP contribution in [0, 0.1) is 0 Å². The van der Waals surface area contributed by atoms with E-state index in [9.17, 15) is 9.59 Å². The number of nitrogens with zero attached hydrogens (tertiary/aromatic N) is 3. The molecule has 0 aliphatic carbocycles. The van der Waals surface area contributed by atoms with E-state index >= 15 is 0 Å². The summed E-state index contributed by atoms with van der Waals surface area (Å²) in [6.45, 7) is 3.93. The van der Waals surface area contributed by atoms with Gasteiger partial charge in [-0.15, -0.1) is 5.10 Å². The summed E-state index contributed by atoms with van der Waals surface area (Å²) in [6, 6.07) is 13.8. The summed E-state index contributed by atoms with van der Waals surface area (Å²) in [5.74, 6) is 0.656. The first-order chi connectivity index (χ1) is 13.0. The Morgan fingerprint density at radius 2 is 1.89 bits per heavy atom. The van der Waals surface area contributed by atoms with Gasteiger partial charge in [-0.05, 0) is 35.7 Å². The monoisotopic (exact) mass is 363 g/mol. The van der Waals surface area contributed by atoms with Crippen molar-refractivity contribution >= 4 is 21.9 Å². The van der Waals surface area contributed by atoms with Crippen molar-refractivity contribution < 1.29 is 9.15 Å². The molecule has 0 amide bonds. The summed E-state index contributed by atoms with van der Waals surface area (Å²) >= 11 is 0. The molecule has 0 fully saturated rings. The standard InChI is InChI=1S/C20H17N3O4/c1-12(2)16-10-19(24)27-18-9-13(7-8-14(16)18)26-11-23-20(25)15-5-3-4-6-17(15)21-22-23/h3-10,12H,11H2,1-2H3. The molecular formula is C20H17N3O4. The van der Waals surface area contributed by atoms with Gasteiger partial charge in [0.15, 0.2) is 6.73 Å². The highest BCUT2D eigenvalue weighted by molar-refractivity contribution is 5.82. The van der Waals surface area contributed by atoms with E-state index in [1.165, 1.54) is 6.07 Å². The van der Waals surface area contributed by atoms with E-state index in [1.54, 1.807) is 36.4 Å². The molecule has 7 heteroatoms. The average Bonchev–Trinajstić information content (AvgIpc) is 2.66. The van der Waals surface area contributed by atoms with Crippen LogP contribution < -0.4 is 15.9 Å². The molecule has 0 atom stereocenters. The first-order valence-corrected chi connectivity index (χ1v) is 8.56. The highest BCUT2D eigenvalue weighted by atomic mass is 16.5.